The number of hydrogen-bond donors (Lipinski definition) is 3. The summed E-state index contributed by atoms with van der Waals surface area (Å²) in [6.07, 6.45) is 10.3. The molecule has 4 aliphatic carbocycles. The van der Waals surface area contributed by atoms with E-state index >= 15 is 0 Å². The van der Waals surface area contributed by atoms with Gasteiger partial charge in [0.15, 0.2) is 0 Å². The average molecular weight is 279 g/mol. The van der Waals surface area contributed by atoms with Crippen LogP contribution in [-0.2, 0) is 0 Å². The Labute approximate surface area is 122 Å². The van der Waals surface area contributed by atoms with E-state index in [1.165, 1.54) is 32.1 Å². The monoisotopic (exact) mass is 279 g/mol. The fourth-order valence-electron chi connectivity index (χ4n) is 4.65. The predicted molar refractivity (Wildman–Crippen MR) is 80.3 cm³/mol. The molecule has 4 N–H and O–H groups in total. The highest BCUT2D eigenvalue weighted by molar-refractivity contribution is 5.74. The van der Waals surface area contributed by atoms with Gasteiger partial charge >= 0.3 is 6.03 Å². The summed E-state index contributed by atoms with van der Waals surface area (Å²) in [5.41, 5.74) is 5.69. The van der Waals surface area contributed by atoms with Crippen molar-refractivity contribution in [3.05, 3.63) is 0 Å². The normalized spacial score (nSPS) is 39.8. The van der Waals surface area contributed by atoms with Crippen molar-refractivity contribution in [2.75, 3.05) is 13.1 Å². The van der Waals surface area contributed by atoms with Crippen LogP contribution in [-0.4, -0.2) is 25.2 Å². The zero-order valence-electron chi connectivity index (χ0n) is 12.4. The van der Waals surface area contributed by atoms with Crippen molar-refractivity contribution in [2.45, 2.75) is 57.4 Å². The summed E-state index contributed by atoms with van der Waals surface area (Å²) >= 11 is 0. The second kappa shape index (κ2) is 6.33. The number of amides is 2. The minimum atomic E-state index is 0.0362. The highest BCUT2D eigenvalue weighted by Gasteiger charge is 2.35. The molecule has 0 heterocycles. The smallest absolute Gasteiger partial charge is 0.315 e. The summed E-state index contributed by atoms with van der Waals surface area (Å²) in [5, 5.41) is 6.24. The van der Waals surface area contributed by atoms with E-state index in [9.17, 15) is 4.79 Å². The minimum absolute atomic E-state index is 0.0362. The first-order valence-corrected chi connectivity index (χ1v) is 8.49. The van der Waals surface area contributed by atoms with Gasteiger partial charge < -0.3 is 16.4 Å². The maximum Gasteiger partial charge on any atom is 0.315 e. The molecular formula is C16H29N3O. The Balaban J connectivity index is 1.37. The number of carbonyl (C=O) groups is 1. The number of carbonyl (C=O) groups excluding carboxylic acids is 1. The van der Waals surface area contributed by atoms with Crippen LogP contribution >= 0.6 is 0 Å². The van der Waals surface area contributed by atoms with Crippen LogP contribution in [0.2, 0.25) is 0 Å². The van der Waals surface area contributed by atoms with E-state index in [0.717, 1.165) is 50.1 Å². The first-order chi connectivity index (χ1) is 9.74. The molecule has 0 aromatic rings. The Morgan fingerprint density at radius 3 is 2.45 bits per heavy atom. The SMILES string of the molecule is NCC1CCC(NC(=O)NCC2CC3CCC2CC3)C1. The molecule has 4 rings (SSSR count). The Bertz CT molecular complexity index is 339. The molecule has 2 amide bonds. The molecule has 0 spiro atoms. The second-order valence-corrected chi connectivity index (χ2v) is 7.24. The van der Waals surface area contributed by atoms with Gasteiger partial charge in [-0.25, -0.2) is 4.79 Å². The maximum absolute atomic E-state index is 12.0. The van der Waals surface area contributed by atoms with E-state index in [4.69, 9.17) is 5.73 Å². The van der Waals surface area contributed by atoms with Crippen LogP contribution in [0.1, 0.15) is 51.4 Å². The number of hydrogen-bond acceptors (Lipinski definition) is 2. The molecule has 0 aliphatic heterocycles. The minimum Gasteiger partial charge on any atom is -0.338 e. The first-order valence-electron chi connectivity index (χ1n) is 8.49. The lowest BCUT2D eigenvalue weighted by Crippen LogP contribution is -2.45. The van der Waals surface area contributed by atoms with E-state index in [1.807, 2.05) is 0 Å². The van der Waals surface area contributed by atoms with Gasteiger partial charge in [-0.05, 0) is 68.7 Å². The fraction of sp³-hybridized carbons (Fsp3) is 0.938. The standard InChI is InChI=1S/C16H29N3O/c17-9-12-3-6-15(8-12)19-16(20)18-10-14-7-11-1-4-13(14)5-2-11/h11-15H,1-10,17H2,(H2,18,19,20). The average Bonchev–Trinajstić information content (AvgIpc) is 2.94. The summed E-state index contributed by atoms with van der Waals surface area (Å²) in [7, 11) is 0. The lowest BCUT2D eigenvalue weighted by molar-refractivity contribution is 0.0993. The lowest BCUT2D eigenvalue weighted by atomic mass is 9.65. The van der Waals surface area contributed by atoms with Gasteiger partial charge in [0.2, 0.25) is 0 Å². The van der Waals surface area contributed by atoms with Gasteiger partial charge in [-0.1, -0.05) is 12.8 Å². The summed E-state index contributed by atoms with van der Waals surface area (Å²) < 4.78 is 0. The van der Waals surface area contributed by atoms with Gasteiger partial charge in [0.25, 0.3) is 0 Å². The highest BCUT2D eigenvalue weighted by atomic mass is 16.2. The fourth-order valence-corrected chi connectivity index (χ4v) is 4.65. The molecule has 4 saturated carbocycles. The molecule has 3 unspecified atom stereocenters. The van der Waals surface area contributed by atoms with Crippen LogP contribution in [0.5, 0.6) is 0 Å². The van der Waals surface area contributed by atoms with Crippen LogP contribution in [0.4, 0.5) is 4.79 Å². The van der Waals surface area contributed by atoms with Crippen molar-refractivity contribution < 1.29 is 4.79 Å². The Kier molecular flexibility index (Phi) is 4.49. The molecule has 0 aromatic heterocycles. The number of fused-ring (bicyclic) bond motifs is 3. The van der Waals surface area contributed by atoms with Crippen molar-refractivity contribution in [2.24, 2.45) is 29.4 Å². The third-order valence-electron chi connectivity index (χ3n) is 5.93. The summed E-state index contributed by atoms with van der Waals surface area (Å²) in [5.74, 6) is 3.14. The molecule has 0 aromatic carbocycles. The van der Waals surface area contributed by atoms with E-state index in [1.54, 1.807) is 0 Å². The van der Waals surface area contributed by atoms with Crippen molar-refractivity contribution >= 4 is 6.03 Å². The molecule has 4 heteroatoms. The third kappa shape index (κ3) is 3.27. The number of nitrogens with one attached hydrogen (secondary N) is 2. The summed E-state index contributed by atoms with van der Waals surface area (Å²) in [4.78, 5) is 12.0. The highest BCUT2D eigenvalue weighted by Crippen LogP contribution is 2.44. The van der Waals surface area contributed by atoms with E-state index < -0.39 is 0 Å². The quantitative estimate of drug-likeness (QED) is 0.739. The number of urea groups is 1. The number of nitrogens with two attached hydrogens (primary N) is 1. The topological polar surface area (TPSA) is 67.1 Å². The van der Waals surface area contributed by atoms with Crippen LogP contribution in [0.3, 0.4) is 0 Å². The van der Waals surface area contributed by atoms with E-state index in [-0.39, 0.29) is 6.03 Å². The van der Waals surface area contributed by atoms with Gasteiger partial charge in [-0.2, -0.15) is 0 Å². The van der Waals surface area contributed by atoms with Gasteiger partial charge in [-0.15, -0.1) is 0 Å². The molecule has 3 atom stereocenters. The molecule has 4 nitrogen and oxygen atoms in total. The predicted octanol–water partition coefficient (Wildman–Crippen LogP) is 2.24. The molecule has 2 bridgehead atoms. The third-order valence-corrected chi connectivity index (χ3v) is 5.93. The zero-order chi connectivity index (χ0) is 13.9. The Morgan fingerprint density at radius 1 is 1.05 bits per heavy atom. The summed E-state index contributed by atoms with van der Waals surface area (Å²) in [6, 6.07) is 0.375. The van der Waals surface area contributed by atoms with E-state index in [0.29, 0.717) is 12.0 Å². The second-order valence-electron chi connectivity index (χ2n) is 7.24. The van der Waals surface area contributed by atoms with Crippen LogP contribution in [0, 0.1) is 23.7 Å². The van der Waals surface area contributed by atoms with Crippen molar-refractivity contribution in [1.82, 2.24) is 10.6 Å². The van der Waals surface area contributed by atoms with Crippen LogP contribution in [0.15, 0.2) is 0 Å². The first kappa shape index (κ1) is 14.2. The maximum atomic E-state index is 12.0. The zero-order valence-corrected chi connectivity index (χ0v) is 12.4. The number of rotatable bonds is 4. The van der Waals surface area contributed by atoms with Crippen molar-refractivity contribution in [3.8, 4) is 0 Å². The Hall–Kier alpha value is -0.770. The summed E-state index contributed by atoms with van der Waals surface area (Å²) in [6.45, 7) is 1.63. The lowest BCUT2D eigenvalue weighted by Gasteiger charge is -2.42. The van der Waals surface area contributed by atoms with Crippen LogP contribution < -0.4 is 16.4 Å². The van der Waals surface area contributed by atoms with Gasteiger partial charge in [0.1, 0.15) is 0 Å². The molecule has 0 saturated heterocycles. The van der Waals surface area contributed by atoms with E-state index in [2.05, 4.69) is 10.6 Å². The van der Waals surface area contributed by atoms with Gasteiger partial charge in [0, 0.05) is 12.6 Å². The molecule has 0 radical (unpaired) electrons. The Morgan fingerprint density at radius 2 is 1.85 bits per heavy atom. The molecule has 4 fully saturated rings. The van der Waals surface area contributed by atoms with Crippen molar-refractivity contribution in [3.63, 3.8) is 0 Å². The molecule has 114 valence electrons. The van der Waals surface area contributed by atoms with Crippen LogP contribution in [0.25, 0.3) is 0 Å². The van der Waals surface area contributed by atoms with Crippen molar-refractivity contribution in [1.29, 1.82) is 0 Å². The molecule has 4 aliphatic rings. The molecular weight excluding hydrogens is 250 g/mol. The molecule has 20 heavy (non-hydrogen) atoms. The van der Waals surface area contributed by atoms with Gasteiger partial charge in [0.05, 0.1) is 0 Å². The largest absolute Gasteiger partial charge is 0.338 e. The van der Waals surface area contributed by atoms with Gasteiger partial charge in [-0.3, -0.25) is 0 Å².